The topological polar surface area (TPSA) is 58.6 Å². The zero-order valence-corrected chi connectivity index (χ0v) is 20.0. The summed E-state index contributed by atoms with van der Waals surface area (Å²) in [6.07, 6.45) is 3.13. The van der Waals surface area contributed by atoms with Crippen LogP contribution >= 0.6 is 0 Å². The third kappa shape index (κ3) is 8.37. The van der Waals surface area contributed by atoms with E-state index in [0.29, 0.717) is 32.4 Å². The molecule has 2 amide bonds. The Morgan fingerprint density at radius 1 is 1.00 bits per heavy atom. The average molecular weight is 439 g/mol. The predicted molar refractivity (Wildman–Crippen MR) is 130 cm³/mol. The van der Waals surface area contributed by atoms with Crippen molar-refractivity contribution in [1.29, 1.82) is 0 Å². The molecule has 0 heterocycles. The molecule has 0 aromatic heterocycles. The fraction of sp³-hybridized carbons (Fsp3) is 0.481. The molecule has 0 saturated heterocycles. The predicted octanol–water partition coefficient (Wildman–Crippen LogP) is 4.92. The summed E-state index contributed by atoms with van der Waals surface area (Å²) in [5.74, 6) is 0.738. The molecule has 0 bridgehead atoms. The third-order valence-electron chi connectivity index (χ3n) is 5.70. The van der Waals surface area contributed by atoms with Crippen molar-refractivity contribution in [2.45, 2.75) is 71.9 Å². The molecule has 0 aliphatic carbocycles. The SMILES string of the molecule is CC[C@H](C)NC(=O)[C@H](CC)N(CCc1ccccc1)C(=O)CCCOc1ccc(C)cc1. The minimum absolute atomic E-state index is 0.000381. The molecule has 0 fully saturated rings. The first-order valence-electron chi connectivity index (χ1n) is 11.8. The third-order valence-corrected chi connectivity index (χ3v) is 5.70. The highest BCUT2D eigenvalue weighted by Crippen LogP contribution is 2.14. The second-order valence-electron chi connectivity index (χ2n) is 8.33. The van der Waals surface area contributed by atoms with Crippen molar-refractivity contribution < 1.29 is 14.3 Å². The number of nitrogens with one attached hydrogen (secondary N) is 1. The van der Waals surface area contributed by atoms with Crippen molar-refractivity contribution in [1.82, 2.24) is 10.2 Å². The second kappa shape index (κ2) is 13.6. The number of ether oxygens (including phenoxy) is 1. The van der Waals surface area contributed by atoms with E-state index in [4.69, 9.17) is 4.74 Å². The van der Waals surface area contributed by atoms with Gasteiger partial charge in [-0.05, 0) is 57.2 Å². The average Bonchev–Trinajstić information content (AvgIpc) is 2.80. The van der Waals surface area contributed by atoms with Crippen LogP contribution in [0, 0.1) is 6.92 Å². The molecule has 0 radical (unpaired) electrons. The first-order chi connectivity index (χ1) is 15.4. The van der Waals surface area contributed by atoms with Gasteiger partial charge in [0.25, 0.3) is 0 Å². The van der Waals surface area contributed by atoms with Crippen LogP contribution in [0.25, 0.3) is 0 Å². The van der Waals surface area contributed by atoms with Gasteiger partial charge in [0.05, 0.1) is 6.61 Å². The summed E-state index contributed by atoms with van der Waals surface area (Å²) in [4.78, 5) is 27.8. The molecule has 1 N–H and O–H groups in total. The smallest absolute Gasteiger partial charge is 0.243 e. The van der Waals surface area contributed by atoms with Crippen LogP contribution < -0.4 is 10.1 Å². The van der Waals surface area contributed by atoms with Crippen LogP contribution in [0.15, 0.2) is 54.6 Å². The van der Waals surface area contributed by atoms with E-state index in [0.717, 1.165) is 24.2 Å². The number of carbonyl (C=O) groups excluding carboxylic acids is 2. The van der Waals surface area contributed by atoms with Gasteiger partial charge in [0, 0.05) is 19.0 Å². The van der Waals surface area contributed by atoms with Crippen LogP contribution in [0.2, 0.25) is 0 Å². The van der Waals surface area contributed by atoms with E-state index in [1.165, 1.54) is 5.56 Å². The van der Waals surface area contributed by atoms with Crippen molar-refractivity contribution in [3.63, 3.8) is 0 Å². The Morgan fingerprint density at radius 3 is 2.31 bits per heavy atom. The Kier molecular flexibility index (Phi) is 10.8. The van der Waals surface area contributed by atoms with Crippen molar-refractivity contribution in [3.05, 3.63) is 65.7 Å². The van der Waals surface area contributed by atoms with E-state index in [9.17, 15) is 9.59 Å². The summed E-state index contributed by atoms with van der Waals surface area (Å²) in [6.45, 7) is 9.02. The lowest BCUT2D eigenvalue weighted by molar-refractivity contribution is -0.141. The zero-order chi connectivity index (χ0) is 23.3. The Balaban J connectivity index is 1.99. The lowest BCUT2D eigenvalue weighted by Gasteiger charge is -2.31. The van der Waals surface area contributed by atoms with Crippen molar-refractivity contribution in [3.8, 4) is 5.75 Å². The van der Waals surface area contributed by atoms with Crippen LogP contribution in [-0.2, 0) is 16.0 Å². The van der Waals surface area contributed by atoms with Crippen molar-refractivity contribution >= 4 is 11.8 Å². The molecule has 32 heavy (non-hydrogen) atoms. The van der Waals surface area contributed by atoms with Gasteiger partial charge in [-0.25, -0.2) is 0 Å². The number of hydrogen-bond acceptors (Lipinski definition) is 3. The first kappa shape index (κ1) is 25.4. The van der Waals surface area contributed by atoms with Gasteiger partial charge >= 0.3 is 0 Å². The monoisotopic (exact) mass is 438 g/mol. The van der Waals surface area contributed by atoms with Crippen LogP contribution in [0.3, 0.4) is 0 Å². The van der Waals surface area contributed by atoms with Crippen molar-refractivity contribution in [2.24, 2.45) is 0 Å². The van der Waals surface area contributed by atoms with E-state index >= 15 is 0 Å². The molecule has 0 aliphatic heterocycles. The highest BCUT2D eigenvalue weighted by atomic mass is 16.5. The number of carbonyl (C=O) groups is 2. The van der Waals surface area contributed by atoms with Crippen LogP contribution in [0.1, 0.15) is 57.6 Å². The molecule has 174 valence electrons. The Labute approximate surface area is 193 Å². The summed E-state index contributed by atoms with van der Waals surface area (Å²) < 4.78 is 5.77. The normalized spacial score (nSPS) is 12.6. The van der Waals surface area contributed by atoms with Gasteiger partial charge in [0.1, 0.15) is 11.8 Å². The summed E-state index contributed by atoms with van der Waals surface area (Å²) in [5, 5.41) is 3.05. The lowest BCUT2D eigenvalue weighted by atomic mass is 10.1. The number of nitrogens with zero attached hydrogens (tertiary/aromatic N) is 1. The number of benzene rings is 2. The van der Waals surface area contributed by atoms with Gasteiger partial charge < -0.3 is 15.0 Å². The summed E-state index contributed by atoms with van der Waals surface area (Å²) in [6, 6.07) is 17.6. The minimum atomic E-state index is -0.460. The quantitative estimate of drug-likeness (QED) is 0.452. The summed E-state index contributed by atoms with van der Waals surface area (Å²) in [7, 11) is 0. The van der Waals surface area contributed by atoms with E-state index in [1.807, 2.05) is 70.2 Å². The largest absolute Gasteiger partial charge is 0.494 e. The minimum Gasteiger partial charge on any atom is -0.494 e. The number of aryl methyl sites for hydroxylation is 1. The molecular weight excluding hydrogens is 400 g/mol. The molecule has 2 rings (SSSR count). The molecule has 2 aromatic rings. The molecule has 2 aromatic carbocycles. The summed E-state index contributed by atoms with van der Waals surface area (Å²) in [5.41, 5.74) is 2.34. The Hall–Kier alpha value is -2.82. The standard InChI is InChI=1S/C27H38N2O3/c1-5-22(4)28-27(31)25(6-2)29(19-18-23-11-8-7-9-12-23)26(30)13-10-20-32-24-16-14-21(3)15-17-24/h7-9,11-12,14-17,22,25H,5-6,10,13,18-20H2,1-4H3,(H,28,31)/t22-,25-/m0/s1. The molecule has 0 aliphatic rings. The van der Waals surface area contributed by atoms with E-state index < -0.39 is 6.04 Å². The van der Waals surface area contributed by atoms with Crippen molar-refractivity contribution in [2.75, 3.05) is 13.2 Å². The van der Waals surface area contributed by atoms with E-state index in [2.05, 4.69) is 17.4 Å². The second-order valence-corrected chi connectivity index (χ2v) is 8.33. The van der Waals surface area contributed by atoms with E-state index in [1.54, 1.807) is 4.90 Å². The number of rotatable bonds is 13. The van der Waals surface area contributed by atoms with Gasteiger partial charge in [0.2, 0.25) is 11.8 Å². The fourth-order valence-electron chi connectivity index (χ4n) is 3.53. The van der Waals surface area contributed by atoms with Gasteiger partial charge in [-0.1, -0.05) is 61.9 Å². The van der Waals surface area contributed by atoms with Gasteiger partial charge in [-0.2, -0.15) is 0 Å². The number of amides is 2. The molecular formula is C27H38N2O3. The van der Waals surface area contributed by atoms with Crippen LogP contribution in [0.4, 0.5) is 0 Å². The van der Waals surface area contributed by atoms with Crippen LogP contribution in [0.5, 0.6) is 5.75 Å². The van der Waals surface area contributed by atoms with Gasteiger partial charge in [-0.3, -0.25) is 9.59 Å². The van der Waals surface area contributed by atoms with Gasteiger partial charge in [-0.15, -0.1) is 0 Å². The van der Waals surface area contributed by atoms with E-state index in [-0.39, 0.29) is 17.9 Å². The first-order valence-corrected chi connectivity index (χ1v) is 11.8. The van der Waals surface area contributed by atoms with Crippen LogP contribution in [-0.4, -0.2) is 41.9 Å². The maximum Gasteiger partial charge on any atom is 0.243 e. The molecule has 5 nitrogen and oxygen atoms in total. The maximum absolute atomic E-state index is 13.2. The summed E-state index contributed by atoms with van der Waals surface area (Å²) >= 11 is 0. The molecule has 0 unspecified atom stereocenters. The maximum atomic E-state index is 13.2. The Bertz CT molecular complexity index is 821. The molecule has 0 spiro atoms. The molecule has 0 saturated carbocycles. The Morgan fingerprint density at radius 2 is 1.69 bits per heavy atom. The highest BCUT2D eigenvalue weighted by Gasteiger charge is 2.28. The number of hydrogen-bond donors (Lipinski definition) is 1. The zero-order valence-electron chi connectivity index (χ0n) is 20.0. The fourth-order valence-corrected chi connectivity index (χ4v) is 3.53. The van der Waals surface area contributed by atoms with Gasteiger partial charge in [0.15, 0.2) is 0 Å². The highest BCUT2D eigenvalue weighted by molar-refractivity contribution is 5.87. The molecule has 5 heteroatoms. The lowest BCUT2D eigenvalue weighted by Crippen LogP contribution is -2.51. The molecule has 2 atom stereocenters.